The lowest BCUT2D eigenvalue weighted by molar-refractivity contribution is -0.127. The third kappa shape index (κ3) is 2.71. The van der Waals surface area contributed by atoms with Crippen molar-refractivity contribution in [3.05, 3.63) is 35.1 Å². The number of Topliss-reactive ketones (excluding diaryl/α,β-unsaturated/α-hetero) is 1. The number of hydrogen-bond acceptors (Lipinski definition) is 2. The van der Waals surface area contributed by atoms with Crippen molar-refractivity contribution >= 4 is 5.78 Å². The summed E-state index contributed by atoms with van der Waals surface area (Å²) in [6.07, 6.45) is 4.96. The van der Waals surface area contributed by atoms with Crippen LogP contribution < -0.4 is 0 Å². The summed E-state index contributed by atoms with van der Waals surface area (Å²) in [4.78, 5) is 12.4. The fraction of sp³-hybridized carbons (Fsp3) is 0.562. The maximum absolute atomic E-state index is 13.0. The topological polar surface area (TPSA) is 26.3 Å². The van der Waals surface area contributed by atoms with E-state index in [1.807, 2.05) is 6.92 Å². The molecular formula is C16H19FO2. The van der Waals surface area contributed by atoms with Crippen molar-refractivity contribution in [3.8, 4) is 0 Å². The third-order valence-corrected chi connectivity index (χ3v) is 4.42. The van der Waals surface area contributed by atoms with Gasteiger partial charge in [-0.05, 0) is 55.9 Å². The van der Waals surface area contributed by atoms with Gasteiger partial charge in [-0.25, -0.2) is 4.39 Å². The Morgan fingerprint density at radius 3 is 2.63 bits per heavy atom. The highest BCUT2D eigenvalue weighted by Gasteiger charge is 2.37. The zero-order valence-electron chi connectivity index (χ0n) is 11.2. The van der Waals surface area contributed by atoms with Gasteiger partial charge in [0.2, 0.25) is 0 Å². The molecule has 2 atom stereocenters. The fourth-order valence-electron chi connectivity index (χ4n) is 3.31. The Hall–Kier alpha value is -1.22. The maximum atomic E-state index is 13.0. The first-order valence-electron chi connectivity index (χ1n) is 7.05. The predicted molar refractivity (Wildman–Crippen MR) is 70.5 cm³/mol. The van der Waals surface area contributed by atoms with Gasteiger partial charge < -0.3 is 4.74 Å². The van der Waals surface area contributed by atoms with Crippen molar-refractivity contribution in [3.63, 3.8) is 0 Å². The molecule has 2 bridgehead atoms. The minimum atomic E-state index is -0.238. The number of ketones is 1. The van der Waals surface area contributed by atoms with Crippen molar-refractivity contribution in [2.45, 2.75) is 51.2 Å². The minimum Gasteiger partial charge on any atom is -0.375 e. The molecule has 2 saturated heterocycles. The van der Waals surface area contributed by atoms with E-state index in [1.54, 1.807) is 6.07 Å². The average Bonchev–Trinajstić information content (AvgIpc) is 2.71. The van der Waals surface area contributed by atoms with Crippen LogP contribution in [0.1, 0.15) is 36.8 Å². The van der Waals surface area contributed by atoms with E-state index in [0.717, 1.165) is 36.8 Å². The van der Waals surface area contributed by atoms with E-state index in [4.69, 9.17) is 4.74 Å². The molecule has 2 aliphatic heterocycles. The number of halogens is 1. The molecule has 19 heavy (non-hydrogen) atoms. The van der Waals surface area contributed by atoms with Crippen molar-refractivity contribution in [2.75, 3.05) is 0 Å². The largest absolute Gasteiger partial charge is 0.375 e. The van der Waals surface area contributed by atoms with E-state index in [1.165, 1.54) is 12.1 Å². The normalized spacial score (nSPS) is 29.5. The molecule has 2 aliphatic rings. The van der Waals surface area contributed by atoms with Gasteiger partial charge in [-0.1, -0.05) is 6.07 Å². The molecule has 2 heterocycles. The number of ether oxygens (including phenoxy) is 1. The molecule has 0 radical (unpaired) electrons. The summed E-state index contributed by atoms with van der Waals surface area (Å²) in [6, 6.07) is 4.66. The molecule has 2 nitrogen and oxygen atoms in total. The van der Waals surface area contributed by atoms with Crippen LogP contribution in [-0.4, -0.2) is 18.0 Å². The molecular weight excluding hydrogens is 243 g/mol. The third-order valence-electron chi connectivity index (χ3n) is 4.42. The van der Waals surface area contributed by atoms with E-state index in [-0.39, 0.29) is 17.5 Å². The standard InChI is InChI=1S/C16H19FO2/c1-10-6-13(17)3-2-11(10)9-16(18)12-7-14-4-5-15(8-12)19-14/h2-3,6,12,14-15H,4-5,7-9H2,1H3. The molecule has 102 valence electrons. The SMILES string of the molecule is Cc1cc(F)ccc1CC(=O)C1CC2CCC(C1)O2. The van der Waals surface area contributed by atoms with Crippen LogP contribution in [0.15, 0.2) is 18.2 Å². The number of aryl methyl sites for hydroxylation is 1. The van der Waals surface area contributed by atoms with Crippen molar-refractivity contribution < 1.29 is 13.9 Å². The zero-order valence-corrected chi connectivity index (χ0v) is 11.2. The van der Waals surface area contributed by atoms with Gasteiger partial charge in [0, 0.05) is 12.3 Å². The van der Waals surface area contributed by atoms with Gasteiger partial charge in [-0.3, -0.25) is 4.79 Å². The van der Waals surface area contributed by atoms with Crippen LogP contribution in [0.5, 0.6) is 0 Å². The second-order valence-electron chi connectivity index (χ2n) is 5.84. The molecule has 0 saturated carbocycles. The van der Waals surface area contributed by atoms with E-state index < -0.39 is 0 Å². The van der Waals surface area contributed by atoms with Crippen LogP contribution in [0.3, 0.4) is 0 Å². The molecule has 0 N–H and O–H groups in total. The van der Waals surface area contributed by atoms with Crippen LogP contribution in [0, 0.1) is 18.7 Å². The summed E-state index contributed by atoms with van der Waals surface area (Å²) in [7, 11) is 0. The van der Waals surface area contributed by atoms with Crippen molar-refractivity contribution in [1.29, 1.82) is 0 Å². The first-order chi connectivity index (χ1) is 9.11. The Morgan fingerprint density at radius 1 is 1.32 bits per heavy atom. The van der Waals surface area contributed by atoms with Gasteiger partial charge in [0.15, 0.2) is 0 Å². The van der Waals surface area contributed by atoms with Gasteiger partial charge in [0.05, 0.1) is 12.2 Å². The minimum absolute atomic E-state index is 0.135. The van der Waals surface area contributed by atoms with E-state index in [2.05, 4.69) is 0 Å². The molecule has 0 amide bonds. The average molecular weight is 262 g/mol. The van der Waals surface area contributed by atoms with E-state index in [9.17, 15) is 9.18 Å². The van der Waals surface area contributed by atoms with Crippen molar-refractivity contribution in [2.24, 2.45) is 5.92 Å². The van der Waals surface area contributed by atoms with Crippen LogP contribution in [0.25, 0.3) is 0 Å². The van der Waals surface area contributed by atoms with Crippen LogP contribution in [-0.2, 0) is 16.0 Å². The molecule has 0 aliphatic carbocycles. The maximum Gasteiger partial charge on any atom is 0.140 e. The Labute approximate surface area is 113 Å². The quantitative estimate of drug-likeness (QED) is 0.836. The lowest BCUT2D eigenvalue weighted by Crippen LogP contribution is -2.30. The number of rotatable bonds is 3. The van der Waals surface area contributed by atoms with Crippen LogP contribution in [0.4, 0.5) is 4.39 Å². The lowest BCUT2D eigenvalue weighted by atomic mass is 9.87. The number of benzene rings is 1. The van der Waals surface area contributed by atoms with Gasteiger partial charge in [0.1, 0.15) is 11.6 Å². The van der Waals surface area contributed by atoms with Gasteiger partial charge in [-0.15, -0.1) is 0 Å². The molecule has 3 rings (SSSR count). The lowest BCUT2D eigenvalue weighted by Gasteiger charge is -2.27. The Kier molecular flexibility index (Phi) is 3.40. The Morgan fingerprint density at radius 2 is 2.00 bits per heavy atom. The van der Waals surface area contributed by atoms with Crippen molar-refractivity contribution in [1.82, 2.24) is 0 Å². The molecule has 0 aromatic heterocycles. The molecule has 1 aromatic rings. The van der Waals surface area contributed by atoms with E-state index >= 15 is 0 Å². The molecule has 0 spiro atoms. The molecule has 1 aromatic carbocycles. The Balaban J connectivity index is 1.68. The molecule has 3 heteroatoms. The van der Waals surface area contributed by atoms with Gasteiger partial charge in [0.25, 0.3) is 0 Å². The second-order valence-corrected chi connectivity index (χ2v) is 5.84. The summed E-state index contributed by atoms with van der Waals surface area (Å²) in [6.45, 7) is 1.86. The highest BCUT2D eigenvalue weighted by molar-refractivity contribution is 5.83. The zero-order chi connectivity index (χ0) is 13.4. The first kappa shape index (κ1) is 12.8. The van der Waals surface area contributed by atoms with Gasteiger partial charge >= 0.3 is 0 Å². The number of hydrogen-bond donors (Lipinski definition) is 0. The number of fused-ring (bicyclic) bond motifs is 2. The summed E-state index contributed by atoms with van der Waals surface area (Å²) >= 11 is 0. The van der Waals surface area contributed by atoms with Crippen LogP contribution in [0.2, 0.25) is 0 Å². The highest BCUT2D eigenvalue weighted by atomic mass is 19.1. The summed E-state index contributed by atoms with van der Waals surface area (Å²) in [5, 5.41) is 0. The molecule has 2 unspecified atom stereocenters. The predicted octanol–water partition coefficient (Wildman–Crippen LogP) is 3.20. The first-order valence-corrected chi connectivity index (χ1v) is 7.05. The second kappa shape index (κ2) is 5.04. The van der Waals surface area contributed by atoms with E-state index in [0.29, 0.717) is 18.6 Å². The smallest absolute Gasteiger partial charge is 0.140 e. The van der Waals surface area contributed by atoms with Crippen LogP contribution >= 0.6 is 0 Å². The summed E-state index contributed by atoms with van der Waals surface area (Å²) in [5.41, 5.74) is 1.81. The summed E-state index contributed by atoms with van der Waals surface area (Å²) in [5.74, 6) is 0.184. The number of carbonyl (C=O) groups is 1. The number of carbonyl (C=O) groups excluding carboxylic acids is 1. The van der Waals surface area contributed by atoms with Gasteiger partial charge in [-0.2, -0.15) is 0 Å². The fourth-order valence-corrected chi connectivity index (χ4v) is 3.31. The molecule has 2 fully saturated rings. The monoisotopic (exact) mass is 262 g/mol. The highest BCUT2D eigenvalue weighted by Crippen LogP contribution is 2.36. The Bertz CT molecular complexity index is 486. The summed E-state index contributed by atoms with van der Waals surface area (Å²) < 4.78 is 18.8.